The predicted molar refractivity (Wildman–Crippen MR) is 88.3 cm³/mol. The van der Waals surface area contributed by atoms with E-state index in [1.54, 1.807) is 0 Å². The Balaban J connectivity index is 2.45. The molecule has 0 saturated heterocycles. The van der Waals surface area contributed by atoms with Crippen LogP contribution in [-0.2, 0) is 0 Å². The fraction of sp³-hybridized carbons (Fsp3) is 0.250. The van der Waals surface area contributed by atoms with Crippen molar-refractivity contribution < 1.29 is 8.78 Å². The highest BCUT2D eigenvalue weighted by Gasteiger charge is 2.19. The standard InChI is InChI=1S/C16H15Br2F2N/c1-2-7-21-16(10-3-5-11(17)6-4-10)12-8-15(20)13(18)9-14(12)19/h3-6,8-9,16,21H,2,7H2,1H3. The van der Waals surface area contributed by atoms with Gasteiger partial charge in [-0.1, -0.05) is 35.0 Å². The lowest BCUT2D eigenvalue weighted by Gasteiger charge is -2.20. The summed E-state index contributed by atoms with van der Waals surface area (Å²) in [5.74, 6) is -0.897. The third-order valence-electron chi connectivity index (χ3n) is 3.15. The number of hydrogen-bond acceptors (Lipinski definition) is 1. The maximum absolute atomic E-state index is 14.2. The summed E-state index contributed by atoms with van der Waals surface area (Å²) in [5.41, 5.74) is 1.21. The van der Waals surface area contributed by atoms with Crippen LogP contribution >= 0.6 is 31.9 Å². The van der Waals surface area contributed by atoms with Crippen LogP contribution in [0.4, 0.5) is 8.78 Å². The summed E-state index contributed by atoms with van der Waals surface area (Å²) in [4.78, 5) is 0. The zero-order chi connectivity index (χ0) is 15.4. The zero-order valence-electron chi connectivity index (χ0n) is 11.5. The third kappa shape index (κ3) is 4.11. The van der Waals surface area contributed by atoms with Gasteiger partial charge in [-0.15, -0.1) is 0 Å². The first kappa shape index (κ1) is 16.6. The lowest BCUT2D eigenvalue weighted by Crippen LogP contribution is -2.24. The van der Waals surface area contributed by atoms with Crippen LogP contribution in [0.3, 0.4) is 0 Å². The Kier molecular flexibility index (Phi) is 5.90. The van der Waals surface area contributed by atoms with Crippen molar-refractivity contribution in [1.82, 2.24) is 5.32 Å². The molecule has 5 heteroatoms. The quantitative estimate of drug-likeness (QED) is 0.625. The summed E-state index contributed by atoms with van der Waals surface area (Å²) in [7, 11) is 0. The van der Waals surface area contributed by atoms with Crippen LogP contribution in [0.15, 0.2) is 45.3 Å². The predicted octanol–water partition coefficient (Wildman–Crippen LogP) is 5.58. The van der Waals surface area contributed by atoms with Gasteiger partial charge in [0.25, 0.3) is 0 Å². The topological polar surface area (TPSA) is 12.0 Å². The first-order chi connectivity index (χ1) is 10.0. The lowest BCUT2D eigenvalue weighted by atomic mass is 9.98. The second-order valence-electron chi connectivity index (χ2n) is 4.73. The van der Waals surface area contributed by atoms with Crippen molar-refractivity contribution in [2.45, 2.75) is 19.4 Å². The molecule has 1 unspecified atom stereocenters. The molecular weight excluding hydrogens is 404 g/mol. The molecule has 1 atom stereocenters. The van der Waals surface area contributed by atoms with Crippen molar-refractivity contribution in [3.05, 3.63) is 68.1 Å². The molecule has 0 radical (unpaired) electrons. The van der Waals surface area contributed by atoms with E-state index >= 15 is 0 Å². The largest absolute Gasteiger partial charge is 0.306 e. The van der Waals surface area contributed by atoms with Gasteiger partial charge >= 0.3 is 0 Å². The summed E-state index contributed by atoms with van der Waals surface area (Å²) in [6.07, 6.45) is 0.910. The van der Waals surface area contributed by atoms with Crippen molar-refractivity contribution in [2.24, 2.45) is 0 Å². The van der Waals surface area contributed by atoms with Crippen LogP contribution in [0.25, 0.3) is 0 Å². The van der Waals surface area contributed by atoms with E-state index in [0.717, 1.165) is 23.0 Å². The highest BCUT2D eigenvalue weighted by atomic mass is 79.9. The molecule has 21 heavy (non-hydrogen) atoms. The maximum Gasteiger partial charge on any atom is 0.137 e. The molecule has 1 N–H and O–H groups in total. The van der Waals surface area contributed by atoms with Crippen molar-refractivity contribution >= 4 is 31.9 Å². The first-order valence-corrected chi connectivity index (χ1v) is 8.24. The van der Waals surface area contributed by atoms with Crippen molar-refractivity contribution in [2.75, 3.05) is 6.54 Å². The summed E-state index contributed by atoms with van der Waals surface area (Å²) < 4.78 is 29.1. The Bertz CT molecular complexity index is 614. The van der Waals surface area contributed by atoms with Gasteiger partial charge in [0.15, 0.2) is 0 Å². The van der Waals surface area contributed by atoms with Crippen LogP contribution in [-0.4, -0.2) is 6.54 Å². The zero-order valence-corrected chi connectivity index (χ0v) is 14.6. The molecule has 0 aliphatic rings. The van der Waals surface area contributed by atoms with Crippen molar-refractivity contribution in [3.63, 3.8) is 0 Å². The van der Waals surface area contributed by atoms with Crippen LogP contribution in [0, 0.1) is 11.6 Å². The Morgan fingerprint density at radius 3 is 2.33 bits per heavy atom. The van der Waals surface area contributed by atoms with E-state index in [0.29, 0.717) is 5.56 Å². The fourth-order valence-corrected chi connectivity index (χ4v) is 2.69. The number of halogens is 4. The smallest absolute Gasteiger partial charge is 0.137 e. The van der Waals surface area contributed by atoms with Gasteiger partial charge < -0.3 is 5.32 Å². The van der Waals surface area contributed by atoms with Gasteiger partial charge in [-0.2, -0.15) is 0 Å². The molecule has 0 spiro atoms. The van der Waals surface area contributed by atoms with E-state index in [9.17, 15) is 8.78 Å². The summed E-state index contributed by atoms with van der Waals surface area (Å²) in [6, 6.07) is 9.62. The Labute approximate surface area is 140 Å². The van der Waals surface area contributed by atoms with E-state index in [4.69, 9.17) is 0 Å². The summed E-state index contributed by atoms with van der Waals surface area (Å²) >= 11 is 6.38. The number of nitrogens with one attached hydrogen (secondary N) is 1. The molecule has 0 amide bonds. The molecule has 0 aliphatic heterocycles. The van der Waals surface area contributed by atoms with Gasteiger partial charge in [-0.25, -0.2) is 8.78 Å². The first-order valence-electron chi connectivity index (χ1n) is 6.66. The van der Waals surface area contributed by atoms with Crippen LogP contribution in [0.1, 0.15) is 30.5 Å². The Morgan fingerprint density at radius 1 is 1.05 bits per heavy atom. The SMILES string of the molecule is CCCNC(c1ccc(Br)cc1)c1cc(F)c(Br)cc1F. The van der Waals surface area contributed by atoms with Gasteiger partial charge in [0, 0.05) is 10.0 Å². The number of hydrogen-bond donors (Lipinski definition) is 1. The normalized spacial score (nSPS) is 12.4. The van der Waals surface area contributed by atoms with Gasteiger partial charge in [0.1, 0.15) is 11.6 Å². The lowest BCUT2D eigenvalue weighted by molar-refractivity contribution is 0.533. The van der Waals surface area contributed by atoms with Gasteiger partial charge in [0.2, 0.25) is 0 Å². The highest BCUT2D eigenvalue weighted by molar-refractivity contribution is 9.10. The van der Waals surface area contributed by atoms with Crippen molar-refractivity contribution in [3.8, 4) is 0 Å². The number of benzene rings is 2. The molecular formula is C16H15Br2F2N. The highest BCUT2D eigenvalue weighted by Crippen LogP contribution is 2.29. The molecule has 0 aromatic heterocycles. The van der Waals surface area contributed by atoms with Crippen molar-refractivity contribution in [1.29, 1.82) is 0 Å². The molecule has 2 rings (SSSR count). The van der Waals surface area contributed by atoms with E-state index in [1.165, 1.54) is 12.1 Å². The summed E-state index contributed by atoms with van der Waals surface area (Å²) in [5, 5.41) is 3.27. The molecule has 1 nitrogen and oxygen atoms in total. The number of rotatable bonds is 5. The second-order valence-corrected chi connectivity index (χ2v) is 6.50. The average Bonchev–Trinajstić information content (AvgIpc) is 2.46. The Morgan fingerprint density at radius 2 is 1.71 bits per heavy atom. The van der Waals surface area contributed by atoms with E-state index < -0.39 is 11.6 Å². The van der Waals surface area contributed by atoms with Crippen LogP contribution in [0.2, 0.25) is 0 Å². The van der Waals surface area contributed by atoms with Crippen LogP contribution in [0.5, 0.6) is 0 Å². The molecule has 2 aromatic carbocycles. The van der Waals surface area contributed by atoms with Gasteiger partial charge in [0.05, 0.1) is 10.5 Å². The second kappa shape index (κ2) is 7.47. The minimum atomic E-state index is -0.466. The van der Waals surface area contributed by atoms with E-state index in [1.807, 2.05) is 31.2 Å². The Hall–Kier alpha value is -0.780. The van der Waals surface area contributed by atoms with Gasteiger partial charge in [-0.3, -0.25) is 0 Å². The molecule has 0 fully saturated rings. The molecule has 0 heterocycles. The third-order valence-corrected chi connectivity index (χ3v) is 4.29. The average molecular weight is 419 g/mol. The fourth-order valence-electron chi connectivity index (χ4n) is 2.11. The minimum absolute atomic E-state index is 0.133. The summed E-state index contributed by atoms with van der Waals surface area (Å²) in [6.45, 7) is 2.75. The minimum Gasteiger partial charge on any atom is -0.306 e. The molecule has 2 aromatic rings. The molecule has 0 aliphatic carbocycles. The maximum atomic E-state index is 14.2. The molecule has 0 bridgehead atoms. The van der Waals surface area contributed by atoms with E-state index in [-0.39, 0.29) is 10.5 Å². The monoisotopic (exact) mass is 417 g/mol. The van der Waals surface area contributed by atoms with Crippen LogP contribution < -0.4 is 5.32 Å². The molecule has 0 saturated carbocycles. The van der Waals surface area contributed by atoms with E-state index in [2.05, 4.69) is 37.2 Å². The van der Waals surface area contributed by atoms with Gasteiger partial charge in [-0.05, 0) is 58.7 Å². The molecule has 112 valence electrons.